The van der Waals surface area contributed by atoms with Crippen LogP contribution in [0.2, 0.25) is 0 Å². The van der Waals surface area contributed by atoms with E-state index in [2.05, 4.69) is 26.1 Å². The lowest BCUT2D eigenvalue weighted by Crippen LogP contribution is -2.53. The first-order chi connectivity index (χ1) is 8.63. The number of aryl methyl sites for hydroxylation is 1. The fourth-order valence-corrected chi connectivity index (χ4v) is 3.59. The Balaban J connectivity index is 1.78. The molecule has 1 aromatic carbocycles. The molecule has 18 heavy (non-hydrogen) atoms. The Hall–Kier alpha value is -0.610. The highest BCUT2D eigenvalue weighted by Crippen LogP contribution is 2.31. The number of anilines is 1. The highest BCUT2D eigenvalue weighted by Gasteiger charge is 2.34. The van der Waals surface area contributed by atoms with Crippen LogP contribution in [-0.4, -0.2) is 30.6 Å². The van der Waals surface area contributed by atoms with Gasteiger partial charge in [0, 0.05) is 18.3 Å². The summed E-state index contributed by atoms with van der Waals surface area (Å²) in [7, 11) is 0. The van der Waals surface area contributed by atoms with E-state index in [1.54, 1.807) is 6.07 Å². The molecular formula is C14H18BrFN2. The van der Waals surface area contributed by atoms with Crippen LogP contribution in [0.1, 0.15) is 18.4 Å². The summed E-state index contributed by atoms with van der Waals surface area (Å²) in [5, 5.41) is 3.55. The summed E-state index contributed by atoms with van der Waals surface area (Å²) in [6.45, 7) is 5.59. The van der Waals surface area contributed by atoms with Crippen LogP contribution in [0.15, 0.2) is 16.6 Å². The largest absolute Gasteiger partial charge is 0.380 e. The van der Waals surface area contributed by atoms with Crippen molar-refractivity contribution in [3.8, 4) is 0 Å². The molecule has 0 amide bonds. The van der Waals surface area contributed by atoms with Crippen LogP contribution in [0.25, 0.3) is 0 Å². The van der Waals surface area contributed by atoms with Crippen LogP contribution in [0.3, 0.4) is 0 Å². The number of fused-ring (bicyclic) bond motifs is 3. The van der Waals surface area contributed by atoms with Gasteiger partial charge in [0.25, 0.3) is 0 Å². The predicted octanol–water partition coefficient (Wildman–Crippen LogP) is 3.40. The lowest BCUT2D eigenvalue weighted by molar-refractivity contribution is 0.0975. The highest BCUT2D eigenvalue weighted by atomic mass is 79.9. The quantitative estimate of drug-likeness (QED) is 0.900. The molecule has 98 valence electrons. The standard InChI is InChI=1S/C14H18BrFN2/c1-9-6-11(15)12(16)7-13(9)17-14-8-18-4-2-10(14)3-5-18/h6-7,10,14,17H,2-5,8H2,1H3. The third kappa shape index (κ3) is 2.28. The summed E-state index contributed by atoms with van der Waals surface area (Å²) in [5.74, 6) is 0.561. The molecule has 1 atom stereocenters. The molecule has 4 heteroatoms. The summed E-state index contributed by atoms with van der Waals surface area (Å²) >= 11 is 3.23. The van der Waals surface area contributed by atoms with Gasteiger partial charge in [0.15, 0.2) is 0 Å². The molecule has 4 rings (SSSR count). The monoisotopic (exact) mass is 312 g/mol. The van der Waals surface area contributed by atoms with Crippen molar-refractivity contribution in [2.75, 3.05) is 25.0 Å². The van der Waals surface area contributed by atoms with E-state index in [1.807, 2.05) is 13.0 Å². The van der Waals surface area contributed by atoms with Gasteiger partial charge in [0.2, 0.25) is 0 Å². The van der Waals surface area contributed by atoms with Crippen molar-refractivity contribution in [2.45, 2.75) is 25.8 Å². The van der Waals surface area contributed by atoms with Gasteiger partial charge >= 0.3 is 0 Å². The minimum atomic E-state index is -0.190. The second-order valence-electron chi connectivity index (χ2n) is 5.47. The Kier molecular flexibility index (Phi) is 3.32. The molecule has 2 nitrogen and oxygen atoms in total. The van der Waals surface area contributed by atoms with Crippen molar-refractivity contribution in [2.24, 2.45) is 5.92 Å². The van der Waals surface area contributed by atoms with Gasteiger partial charge in [-0.05, 0) is 72.4 Å². The van der Waals surface area contributed by atoms with Gasteiger partial charge < -0.3 is 10.2 Å². The normalized spacial score (nSPS) is 30.5. The lowest BCUT2D eigenvalue weighted by atomic mass is 9.84. The fraction of sp³-hybridized carbons (Fsp3) is 0.571. The Labute approximate surface area is 116 Å². The first-order valence-corrected chi connectivity index (χ1v) is 7.37. The van der Waals surface area contributed by atoms with E-state index >= 15 is 0 Å². The minimum Gasteiger partial charge on any atom is -0.380 e. The fourth-order valence-electron chi connectivity index (χ4n) is 3.13. The zero-order valence-electron chi connectivity index (χ0n) is 10.5. The molecule has 3 aliphatic rings. The maximum Gasteiger partial charge on any atom is 0.139 e. The summed E-state index contributed by atoms with van der Waals surface area (Å²) < 4.78 is 14.1. The van der Waals surface area contributed by atoms with Crippen LogP contribution >= 0.6 is 15.9 Å². The summed E-state index contributed by atoms with van der Waals surface area (Å²) in [6.07, 6.45) is 2.55. The molecule has 3 saturated heterocycles. The lowest BCUT2D eigenvalue weighted by Gasteiger charge is -2.45. The molecule has 1 aromatic rings. The predicted molar refractivity (Wildman–Crippen MR) is 75.4 cm³/mol. The number of hydrogen-bond acceptors (Lipinski definition) is 2. The summed E-state index contributed by atoms with van der Waals surface area (Å²) in [6, 6.07) is 3.93. The van der Waals surface area contributed by atoms with E-state index in [-0.39, 0.29) is 5.82 Å². The number of hydrogen-bond donors (Lipinski definition) is 1. The summed E-state index contributed by atoms with van der Waals surface area (Å²) in [4.78, 5) is 2.50. The zero-order valence-corrected chi connectivity index (χ0v) is 12.1. The van der Waals surface area contributed by atoms with Gasteiger partial charge in [-0.1, -0.05) is 0 Å². The molecule has 0 radical (unpaired) electrons. The van der Waals surface area contributed by atoms with E-state index in [4.69, 9.17) is 0 Å². The van der Waals surface area contributed by atoms with Gasteiger partial charge in [-0.25, -0.2) is 4.39 Å². The topological polar surface area (TPSA) is 15.3 Å². The number of nitrogens with zero attached hydrogens (tertiary/aromatic N) is 1. The van der Waals surface area contributed by atoms with Crippen molar-refractivity contribution in [3.05, 3.63) is 28.0 Å². The third-order valence-corrected chi connectivity index (χ3v) is 4.87. The van der Waals surface area contributed by atoms with Crippen molar-refractivity contribution < 1.29 is 4.39 Å². The van der Waals surface area contributed by atoms with Crippen molar-refractivity contribution in [3.63, 3.8) is 0 Å². The van der Waals surface area contributed by atoms with Gasteiger partial charge in [0.05, 0.1) is 4.47 Å². The second-order valence-corrected chi connectivity index (χ2v) is 6.32. The minimum absolute atomic E-state index is 0.190. The molecule has 0 saturated carbocycles. The summed E-state index contributed by atoms with van der Waals surface area (Å²) in [5.41, 5.74) is 2.04. The molecule has 1 unspecified atom stereocenters. The second kappa shape index (κ2) is 4.82. The average Bonchev–Trinajstić information content (AvgIpc) is 2.37. The Bertz CT molecular complexity index is 455. The Morgan fingerprint density at radius 3 is 2.67 bits per heavy atom. The average molecular weight is 313 g/mol. The van der Waals surface area contributed by atoms with Crippen LogP contribution in [0.5, 0.6) is 0 Å². The van der Waals surface area contributed by atoms with Gasteiger partial charge in [-0.15, -0.1) is 0 Å². The Morgan fingerprint density at radius 1 is 1.33 bits per heavy atom. The molecule has 3 aliphatic heterocycles. The maximum atomic E-state index is 13.6. The first-order valence-electron chi connectivity index (χ1n) is 6.58. The van der Waals surface area contributed by atoms with Gasteiger partial charge in [-0.3, -0.25) is 0 Å². The van der Waals surface area contributed by atoms with Crippen molar-refractivity contribution >= 4 is 21.6 Å². The number of rotatable bonds is 2. The van der Waals surface area contributed by atoms with Crippen LogP contribution in [0.4, 0.5) is 10.1 Å². The van der Waals surface area contributed by atoms with E-state index in [1.165, 1.54) is 25.9 Å². The van der Waals surface area contributed by atoms with Crippen LogP contribution < -0.4 is 5.32 Å². The van der Waals surface area contributed by atoms with Gasteiger partial charge in [-0.2, -0.15) is 0 Å². The van der Waals surface area contributed by atoms with E-state index in [9.17, 15) is 4.39 Å². The van der Waals surface area contributed by atoms with E-state index < -0.39 is 0 Å². The smallest absolute Gasteiger partial charge is 0.139 e. The Morgan fingerprint density at radius 2 is 2.06 bits per heavy atom. The number of benzene rings is 1. The first kappa shape index (κ1) is 12.4. The van der Waals surface area contributed by atoms with Gasteiger partial charge in [0.1, 0.15) is 5.82 Å². The molecule has 0 aromatic heterocycles. The van der Waals surface area contributed by atoms with Crippen LogP contribution in [-0.2, 0) is 0 Å². The van der Waals surface area contributed by atoms with Crippen molar-refractivity contribution in [1.82, 2.24) is 4.90 Å². The molecule has 0 aliphatic carbocycles. The zero-order chi connectivity index (χ0) is 12.7. The van der Waals surface area contributed by atoms with E-state index in [0.29, 0.717) is 10.5 Å². The molecular weight excluding hydrogens is 295 g/mol. The molecule has 0 spiro atoms. The third-order valence-electron chi connectivity index (χ3n) is 4.26. The molecule has 3 heterocycles. The number of nitrogens with one attached hydrogen (secondary N) is 1. The molecule has 1 N–H and O–H groups in total. The highest BCUT2D eigenvalue weighted by molar-refractivity contribution is 9.10. The van der Waals surface area contributed by atoms with Crippen LogP contribution in [0, 0.1) is 18.7 Å². The number of halogens is 2. The molecule has 2 bridgehead atoms. The maximum absolute atomic E-state index is 13.6. The van der Waals surface area contributed by atoms with Crippen molar-refractivity contribution in [1.29, 1.82) is 0 Å². The van der Waals surface area contributed by atoms with E-state index in [0.717, 1.165) is 23.7 Å². The SMILES string of the molecule is Cc1cc(Br)c(F)cc1NC1CN2CCC1CC2. The number of piperidine rings is 3. The molecule has 3 fully saturated rings.